The second-order valence-corrected chi connectivity index (χ2v) is 16.2. The number of phenolic OH excluding ortho intramolecular Hbond substituents is 1. The molecule has 0 unspecified atom stereocenters. The number of fused-ring (bicyclic) bond motifs is 2. The summed E-state index contributed by atoms with van der Waals surface area (Å²) >= 11 is -0.665. The minimum atomic E-state index is -3.58. The number of aliphatic hydroxyl groups is 1. The van der Waals surface area contributed by atoms with Crippen molar-refractivity contribution in [2.24, 2.45) is 5.41 Å². The number of sulfone groups is 1. The number of nitrogens with zero attached hydrogens (tertiary/aromatic N) is 1. The molecule has 0 aliphatic carbocycles. The average molecular weight is 613 g/mol. The number of unbranched alkanes of at least 4 members (excludes halogenated alkanes) is 2. The predicted molar refractivity (Wildman–Crippen MR) is 138 cm³/mol. The number of hydrogen-bond acceptors (Lipinski definition) is 5. The molecule has 0 saturated carbocycles. The van der Waals surface area contributed by atoms with E-state index in [2.05, 4.69) is 13.8 Å². The van der Waals surface area contributed by atoms with Gasteiger partial charge in [-0.2, -0.15) is 0 Å². The Balaban J connectivity index is 2.04. The van der Waals surface area contributed by atoms with Crippen LogP contribution in [0, 0.1) is 5.41 Å². The maximum absolute atomic E-state index is 14.2. The van der Waals surface area contributed by atoms with Crippen molar-refractivity contribution < 1.29 is 39.8 Å². The molecule has 194 valence electrons. The van der Waals surface area contributed by atoms with Crippen molar-refractivity contribution in [3.63, 3.8) is 0 Å². The average Bonchev–Trinajstić information content (AvgIpc) is 2.80. The topological polar surface area (TPSA) is 77.8 Å². The summed E-state index contributed by atoms with van der Waals surface area (Å²) in [7, 11) is 0.315. The molecule has 1 fully saturated rings. The summed E-state index contributed by atoms with van der Waals surface area (Å²) in [5, 5.41) is 22.5. The summed E-state index contributed by atoms with van der Waals surface area (Å²) in [6.07, 6.45) is 5.61. The van der Waals surface area contributed by atoms with E-state index in [9.17, 15) is 18.6 Å². The van der Waals surface area contributed by atoms with Gasteiger partial charge in [0.05, 0.1) is 0 Å². The van der Waals surface area contributed by atoms with Crippen LogP contribution >= 0.6 is 0 Å². The molecule has 7 heteroatoms. The van der Waals surface area contributed by atoms with Gasteiger partial charge >= 0.3 is 222 Å². The van der Waals surface area contributed by atoms with Gasteiger partial charge in [0.25, 0.3) is 0 Å². The predicted octanol–water partition coefficient (Wildman–Crippen LogP) is 2.08. The fraction of sp³-hybridized carbons (Fsp3) is 0.571. The number of phenols is 1. The SMILES string of the molecule is CCCCC1(CCCC)CS(=O)(=O)c2ccc(N(C)C)cc2[C@@]2(c3ccc(O)cc3)[I-][C@H]1[C@@]2(C)O. The molecular formula is C28H39INO4S-. The van der Waals surface area contributed by atoms with Gasteiger partial charge < -0.3 is 0 Å². The Hall–Kier alpha value is -1.32. The summed E-state index contributed by atoms with van der Waals surface area (Å²) in [6.45, 7) is 6.25. The van der Waals surface area contributed by atoms with Crippen molar-refractivity contribution in [2.75, 3.05) is 24.7 Å². The van der Waals surface area contributed by atoms with E-state index >= 15 is 0 Å². The Morgan fingerprint density at radius 3 is 2.14 bits per heavy atom. The molecule has 0 spiro atoms. The van der Waals surface area contributed by atoms with Gasteiger partial charge in [-0.25, -0.2) is 0 Å². The summed E-state index contributed by atoms with van der Waals surface area (Å²) in [5.74, 6) is 0.278. The zero-order valence-corrected chi connectivity index (χ0v) is 24.5. The first-order chi connectivity index (χ1) is 16.4. The molecule has 2 aromatic carbocycles. The van der Waals surface area contributed by atoms with Crippen molar-refractivity contribution in [3.05, 3.63) is 53.6 Å². The normalized spacial score (nSPS) is 28.6. The van der Waals surface area contributed by atoms with Crippen LogP contribution in [0.25, 0.3) is 0 Å². The van der Waals surface area contributed by atoms with Crippen LogP contribution in [0.2, 0.25) is 0 Å². The third-order valence-corrected chi connectivity index (χ3v) is 16.4. The zero-order valence-electron chi connectivity index (χ0n) is 21.5. The molecule has 2 bridgehead atoms. The molecule has 3 heterocycles. The van der Waals surface area contributed by atoms with Crippen LogP contribution in [0.3, 0.4) is 0 Å². The molecule has 1 saturated heterocycles. The summed E-state index contributed by atoms with van der Waals surface area (Å²) in [5.41, 5.74) is 1.04. The Morgan fingerprint density at radius 2 is 1.63 bits per heavy atom. The number of aromatic hydroxyl groups is 1. The number of rotatable bonds is 8. The quantitative estimate of drug-likeness (QED) is 0.353. The van der Waals surface area contributed by atoms with Crippen LogP contribution in [0.5, 0.6) is 5.75 Å². The van der Waals surface area contributed by atoms with E-state index in [0.717, 1.165) is 55.3 Å². The van der Waals surface area contributed by atoms with Gasteiger partial charge in [-0.1, -0.05) is 0 Å². The first kappa shape index (κ1) is 26.7. The third-order valence-electron chi connectivity index (χ3n) is 7.99. The fourth-order valence-corrected chi connectivity index (χ4v) is 14.3. The number of hydrogen-bond donors (Lipinski definition) is 2. The Bertz CT molecular complexity index is 1170. The van der Waals surface area contributed by atoms with Crippen molar-refractivity contribution in [1.82, 2.24) is 0 Å². The molecule has 35 heavy (non-hydrogen) atoms. The number of benzene rings is 2. The summed E-state index contributed by atoms with van der Waals surface area (Å²) in [6, 6.07) is 12.7. The number of halogens is 1. The Kier molecular flexibility index (Phi) is 7.28. The van der Waals surface area contributed by atoms with Crippen LogP contribution in [0.4, 0.5) is 5.69 Å². The van der Waals surface area contributed by atoms with Gasteiger partial charge in [0.1, 0.15) is 0 Å². The van der Waals surface area contributed by atoms with Crippen molar-refractivity contribution in [1.29, 1.82) is 0 Å². The summed E-state index contributed by atoms with van der Waals surface area (Å²) in [4.78, 5) is 2.35. The van der Waals surface area contributed by atoms with Gasteiger partial charge in [-0.05, 0) is 0 Å². The molecular weight excluding hydrogens is 573 g/mol. The van der Waals surface area contributed by atoms with E-state index in [-0.39, 0.29) is 15.4 Å². The van der Waals surface area contributed by atoms with Crippen LogP contribution < -0.4 is 26.1 Å². The molecule has 2 aromatic rings. The molecule has 0 amide bonds. The van der Waals surface area contributed by atoms with Crippen LogP contribution in [0.15, 0.2) is 47.4 Å². The van der Waals surface area contributed by atoms with E-state index in [1.54, 1.807) is 18.2 Å². The van der Waals surface area contributed by atoms with Gasteiger partial charge in [0.2, 0.25) is 0 Å². The van der Waals surface area contributed by atoms with Crippen molar-refractivity contribution >= 4 is 15.5 Å². The first-order valence-corrected chi connectivity index (χ1v) is 16.6. The first-order valence-electron chi connectivity index (χ1n) is 12.7. The molecule has 0 aromatic heterocycles. The second-order valence-electron chi connectivity index (χ2n) is 10.7. The molecule has 3 atom stereocenters. The molecule has 5 rings (SSSR count). The van der Waals surface area contributed by atoms with Crippen LogP contribution in [-0.2, 0) is 13.3 Å². The maximum atomic E-state index is 14.2. The molecule has 2 N–H and O–H groups in total. The van der Waals surface area contributed by atoms with E-state index in [0.29, 0.717) is 4.90 Å². The van der Waals surface area contributed by atoms with E-state index in [1.165, 1.54) is 0 Å². The number of anilines is 1. The molecule has 5 nitrogen and oxygen atoms in total. The van der Waals surface area contributed by atoms with E-state index in [1.807, 2.05) is 50.2 Å². The van der Waals surface area contributed by atoms with E-state index in [4.69, 9.17) is 0 Å². The third kappa shape index (κ3) is 4.19. The van der Waals surface area contributed by atoms with Crippen LogP contribution in [0.1, 0.15) is 70.4 Å². The minimum absolute atomic E-state index is 0.0216. The number of alkyl halides is 2. The van der Waals surface area contributed by atoms with Gasteiger partial charge in [0.15, 0.2) is 0 Å². The second kappa shape index (κ2) is 9.53. The van der Waals surface area contributed by atoms with Gasteiger partial charge in [0, 0.05) is 0 Å². The molecule has 3 aliphatic rings. The Morgan fingerprint density at radius 1 is 1.03 bits per heavy atom. The van der Waals surface area contributed by atoms with Crippen molar-refractivity contribution in [2.45, 2.75) is 77.1 Å². The fourth-order valence-electron chi connectivity index (χ4n) is 6.19. The van der Waals surface area contributed by atoms with Crippen molar-refractivity contribution in [3.8, 4) is 5.75 Å². The Labute approximate surface area is 221 Å². The van der Waals surface area contributed by atoms with Gasteiger partial charge in [-0.15, -0.1) is 0 Å². The van der Waals surface area contributed by atoms with Gasteiger partial charge in [-0.3, -0.25) is 0 Å². The summed E-state index contributed by atoms with van der Waals surface area (Å²) < 4.78 is 27.5. The standard InChI is InChI=1S/C28H39INO4S/c1-6-8-16-27(17-9-7-2)19-35(33,34)24-15-12-21(30(4)5)18-23(24)28(26(3,32)25(27)29-28)20-10-13-22(31)14-11-20/h10-15,18,25,31-32H,6-9,16-17,19H2,1-5H3/q-1/t25-,26+,28+/m0/s1. The molecule has 3 aliphatic heterocycles. The monoisotopic (exact) mass is 612 g/mol. The molecule has 0 radical (unpaired) electrons. The zero-order chi connectivity index (χ0) is 25.6. The van der Waals surface area contributed by atoms with Crippen LogP contribution in [-0.4, -0.2) is 48.0 Å². The van der Waals surface area contributed by atoms with E-state index < -0.39 is 45.5 Å².